The number of anilines is 1. The topological polar surface area (TPSA) is 66.4 Å². The molecule has 6 heteroatoms. The zero-order valence-corrected chi connectivity index (χ0v) is 12.7. The fraction of sp³-hybridized carbons (Fsp3) is 0. The van der Waals surface area contributed by atoms with Gasteiger partial charge in [0.25, 0.3) is 0 Å². The molecule has 0 radical (unpaired) electrons. The fourth-order valence-electron chi connectivity index (χ4n) is 1.72. The van der Waals surface area contributed by atoms with Crippen LogP contribution in [0.25, 0.3) is 6.08 Å². The zero-order chi connectivity index (χ0) is 16.1. The number of nitrogens with one attached hydrogen (secondary N) is 1. The van der Waals surface area contributed by atoms with Gasteiger partial charge < -0.3 is 10.4 Å². The van der Waals surface area contributed by atoms with Crippen LogP contribution in [0.3, 0.4) is 0 Å². The number of aromatic carboxylic acids is 1. The number of carbonyl (C=O) groups excluding carboxylic acids is 1. The van der Waals surface area contributed by atoms with Crippen molar-refractivity contribution in [3.63, 3.8) is 0 Å². The molecule has 0 aliphatic carbocycles. The van der Waals surface area contributed by atoms with Crippen LogP contribution in [0.5, 0.6) is 0 Å². The van der Waals surface area contributed by atoms with Gasteiger partial charge in [-0.15, -0.1) is 0 Å². The van der Waals surface area contributed by atoms with Gasteiger partial charge in [-0.25, -0.2) is 4.79 Å². The summed E-state index contributed by atoms with van der Waals surface area (Å²) >= 11 is 11.8. The highest BCUT2D eigenvalue weighted by molar-refractivity contribution is 6.35. The van der Waals surface area contributed by atoms with Crippen molar-refractivity contribution in [1.29, 1.82) is 0 Å². The molecule has 2 aromatic carbocycles. The number of carboxylic acid groups (broad SMARTS) is 1. The first-order valence-electron chi connectivity index (χ1n) is 6.23. The molecule has 4 nitrogen and oxygen atoms in total. The molecule has 0 spiro atoms. The summed E-state index contributed by atoms with van der Waals surface area (Å²) < 4.78 is 0. The Balaban J connectivity index is 2.08. The molecule has 0 aliphatic heterocycles. The molecule has 22 heavy (non-hydrogen) atoms. The molecule has 0 unspecified atom stereocenters. The van der Waals surface area contributed by atoms with Gasteiger partial charge in [0.05, 0.1) is 5.56 Å². The van der Waals surface area contributed by atoms with Gasteiger partial charge in [-0.1, -0.05) is 35.3 Å². The monoisotopic (exact) mass is 335 g/mol. The third-order valence-corrected chi connectivity index (χ3v) is 3.32. The van der Waals surface area contributed by atoms with Crippen LogP contribution < -0.4 is 5.32 Å². The maximum atomic E-state index is 11.8. The van der Waals surface area contributed by atoms with Gasteiger partial charge in [-0.3, -0.25) is 4.79 Å². The lowest BCUT2D eigenvalue weighted by Crippen LogP contribution is -2.08. The molecule has 2 rings (SSSR count). The van der Waals surface area contributed by atoms with Gasteiger partial charge in [-0.2, -0.15) is 0 Å². The van der Waals surface area contributed by atoms with E-state index in [4.69, 9.17) is 28.3 Å². The van der Waals surface area contributed by atoms with Crippen LogP contribution in [0.1, 0.15) is 15.9 Å². The van der Waals surface area contributed by atoms with E-state index >= 15 is 0 Å². The first-order valence-corrected chi connectivity index (χ1v) is 6.99. The molecule has 0 atom stereocenters. The lowest BCUT2D eigenvalue weighted by atomic mass is 10.2. The predicted molar refractivity (Wildman–Crippen MR) is 87.5 cm³/mol. The van der Waals surface area contributed by atoms with Crippen molar-refractivity contribution in [2.24, 2.45) is 0 Å². The van der Waals surface area contributed by atoms with E-state index in [1.807, 2.05) is 0 Å². The van der Waals surface area contributed by atoms with E-state index in [1.54, 1.807) is 36.4 Å². The molecule has 0 aromatic heterocycles. The van der Waals surface area contributed by atoms with E-state index in [9.17, 15) is 9.59 Å². The molecule has 2 aromatic rings. The van der Waals surface area contributed by atoms with Crippen molar-refractivity contribution in [3.8, 4) is 0 Å². The number of benzene rings is 2. The van der Waals surface area contributed by atoms with E-state index in [-0.39, 0.29) is 5.56 Å². The predicted octanol–water partition coefficient (Wildman–Crippen LogP) is 4.34. The molecular weight excluding hydrogens is 325 g/mol. The third kappa shape index (κ3) is 4.35. The lowest BCUT2D eigenvalue weighted by molar-refractivity contribution is -0.111. The first kappa shape index (κ1) is 16.1. The number of rotatable bonds is 4. The minimum Gasteiger partial charge on any atom is -0.478 e. The van der Waals surface area contributed by atoms with Gasteiger partial charge >= 0.3 is 5.97 Å². The Morgan fingerprint density at radius 1 is 1.09 bits per heavy atom. The quantitative estimate of drug-likeness (QED) is 0.816. The third-order valence-electron chi connectivity index (χ3n) is 2.75. The zero-order valence-electron chi connectivity index (χ0n) is 11.2. The summed E-state index contributed by atoms with van der Waals surface area (Å²) in [6.07, 6.45) is 2.86. The standard InChI is InChI=1S/C16H11Cl2NO3/c17-12-6-4-10(14(18)9-12)5-7-15(20)19-13-3-1-2-11(8-13)16(21)22/h1-9H,(H,19,20)(H,21,22). The number of carbonyl (C=O) groups is 2. The Bertz CT molecular complexity index is 757. The van der Waals surface area contributed by atoms with E-state index in [1.165, 1.54) is 18.2 Å². The largest absolute Gasteiger partial charge is 0.478 e. The van der Waals surface area contributed by atoms with Crippen LogP contribution in [0, 0.1) is 0 Å². The van der Waals surface area contributed by atoms with E-state index in [0.29, 0.717) is 21.3 Å². The van der Waals surface area contributed by atoms with E-state index in [2.05, 4.69) is 5.32 Å². The minimum absolute atomic E-state index is 0.0996. The van der Waals surface area contributed by atoms with Gasteiger partial charge in [0, 0.05) is 21.8 Å². The molecule has 0 saturated heterocycles. The Hall–Kier alpha value is -2.30. The lowest BCUT2D eigenvalue weighted by Gasteiger charge is -2.03. The van der Waals surface area contributed by atoms with Crippen molar-refractivity contribution in [3.05, 3.63) is 69.7 Å². The highest BCUT2D eigenvalue weighted by atomic mass is 35.5. The Labute approximate surface area is 137 Å². The fourth-order valence-corrected chi connectivity index (χ4v) is 2.19. The maximum absolute atomic E-state index is 11.8. The number of amides is 1. The second kappa shape index (κ2) is 7.11. The number of halogens is 2. The van der Waals surface area contributed by atoms with Crippen molar-refractivity contribution in [2.45, 2.75) is 0 Å². The van der Waals surface area contributed by atoms with E-state index < -0.39 is 11.9 Å². The molecule has 0 heterocycles. The Morgan fingerprint density at radius 2 is 1.86 bits per heavy atom. The van der Waals surface area contributed by atoms with Crippen LogP contribution in [-0.4, -0.2) is 17.0 Å². The second-order valence-corrected chi connectivity index (χ2v) is 5.22. The van der Waals surface area contributed by atoms with Gasteiger partial charge in [-0.05, 0) is 42.0 Å². The Kier molecular flexibility index (Phi) is 5.20. The van der Waals surface area contributed by atoms with Crippen LogP contribution in [0.15, 0.2) is 48.5 Å². The SMILES string of the molecule is O=C(C=Cc1ccc(Cl)cc1Cl)Nc1cccc(C(=O)O)c1. The minimum atomic E-state index is -1.06. The molecule has 0 saturated carbocycles. The summed E-state index contributed by atoms with van der Waals surface area (Å²) in [5.41, 5.74) is 1.15. The summed E-state index contributed by atoms with van der Waals surface area (Å²) in [4.78, 5) is 22.7. The summed E-state index contributed by atoms with van der Waals surface area (Å²) in [7, 11) is 0. The van der Waals surface area contributed by atoms with Crippen molar-refractivity contribution < 1.29 is 14.7 Å². The van der Waals surface area contributed by atoms with Crippen molar-refractivity contribution in [1.82, 2.24) is 0 Å². The molecule has 2 N–H and O–H groups in total. The average molecular weight is 336 g/mol. The molecule has 0 aliphatic rings. The number of hydrogen-bond donors (Lipinski definition) is 2. The second-order valence-electron chi connectivity index (χ2n) is 4.37. The highest BCUT2D eigenvalue weighted by Crippen LogP contribution is 2.22. The van der Waals surface area contributed by atoms with Gasteiger partial charge in [0.1, 0.15) is 0 Å². The van der Waals surface area contributed by atoms with Crippen molar-refractivity contribution >= 4 is 46.8 Å². The van der Waals surface area contributed by atoms with Crippen molar-refractivity contribution in [2.75, 3.05) is 5.32 Å². The van der Waals surface area contributed by atoms with Crippen LogP contribution in [0.2, 0.25) is 10.0 Å². The maximum Gasteiger partial charge on any atom is 0.335 e. The molecular formula is C16H11Cl2NO3. The first-order chi connectivity index (χ1) is 10.5. The van der Waals surface area contributed by atoms with E-state index in [0.717, 1.165) is 0 Å². The summed E-state index contributed by atoms with van der Waals surface area (Å²) in [6.45, 7) is 0. The molecule has 112 valence electrons. The number of carboxylic acids is 1. The average Bonchev–Trinajstić information content (AvgIpc) is 2.46. The highest BCUT2D eigenvalue weighted by Gasteiger charge is 2.05. The normalized spacial score (nSPS) is 10.6. The van der Waals surface area contributed by atoms with Crippen LogP contribution in [-0.2, 0) is 4.79 Å². The molecule has 0 fully saturated rings. The smallest absolute Gasteiger partial charge is 0.335 e. The molecule has 1 amide bonds. The number of hydrogen-bond acceptors (Lipinski definition) is 2. The molecule has 0 bridgehead atoms. The summed E-state index contributed by atoms with van der Waals surface area (Å²) in [6, 6.07) is 10.9. The Morgan fingerprint density at radius 3 is 2.55 bits per heavy atom. The van der Waals surface area contributed by atoms with Crippen LogP contribution in [0.4, 0.5) is 5.69 Å². The summed E-state index contributed by atoms with van der Waals surface area (Å²) in [5.74, 6) is -1.45. The van der Waals surface area contributed by atoms with Gasteiger partial charge in [0.2, 0.25) is 5.91 Å². The van der Waals surface area contributed by atoms with Crippen LogP contribution >= 0.6 is 23.2 Å². The summed E-state index contributed by atoms with van der Waals surface area (Å²) in [5, 5.41) is 12.4. The van der Waals surface area contributed by atoms with Gasteiger partial charge in [0.15, 0.2) is 0 Å².